The fraction of sp³-hybridized carbons (Fsp3) is 0.360. The molecule has 1 aliphatic heterocycles. The maximum absolute atomic E-state index is 13.7. The van der Waals surface area contributed by atoms with Gasteiger partial charge in [0.15, 0.2) is 5.65 Å². The Labute approximate surface area is 201 Å². The lowest BCUT2D eigenvalue weighted by molar-refractivity contribution is -0.128. The van der Waals surface area contributed by atoms with Crippen LogP contribution in [0.15, 0.2) is 36.7 Å². The number of aryl methyl sites for hydroxylation is 2. The summed E-state index contributed by atoms with van der Waals surface area (Å²) in [6.07, 6.45) is 4.85. The van der Waals surface area contributed by atoms with Crippen LogP contribution in [-0.4, -0.2) is 56.6 Å². The summed E-state index contributed by atoms with van der Waals surface area (Å²) in [5.74, 6) is -0.874. The first-order valence-corrected chi connectivity index (χ1v) is 11.8. The summed E-state index contributed by atoms with van der Waals surface area (Å²) in [7, 11) is 0. The number of hydrogen-bond acceptors (Lipinski definition) is 5. The molecule has 1 aromatic carbocycles. The standard InChI is InChI=1S/C25H28FN7O2/c1-15-11-22-30-14-20(16(2)33(22)32-15)23(34)31-25(6-9-27-10-7-25)24(35)28-8-5-17-13-29-21-4-3-18(26)12-19(17)21/h3-4,11-14,27,29H,5-10H2,1-2H3,(H,28,35)(H,31,34). The molecule has 0 saturated carbocycles. The minimum atomic E-state index is -1.03. The highest BCUT2D eigenvalue weighted by Crippen LogP contribution is 2.22. The predicted molar refractivity (Wildman–Crippen MR) is 130 cm³/mol. The van der Waals surface area contributed by atoms with E-state index in [-0.39, 0.29) is 17.6 Å². The van der Waals surface area contributed by atoms with Crippen molar-refractivity contribution in [1.29, 1.82) is 0 Å². The quantitative estimate of drug-likeness (QED) is 0.340. The van der Waals surface area contributed by atoms with Crippen molar-refractivity contribution in [2.45, 2.75) is 38.6 Å². The van der Waals surface area contributed by atoms with Crippen molar-refractivity contribution >= 4 is 28.4 Å². The van der Waals surface area contributed by atoms with E-state index in [1.54, 1.807) is 10.6 Å². The first-order chi connectivity index (χ1) is 16.9. The molecule has 0 bridgehead atoms. The van der Waals surface area contributed by atoms with E-state index in [4.69, 9.17) is 0 Å². The molecule has 4 aromatic rings. The second-order valence-electron chi connectivity index (χ2n) is 9.11. The fourth-order valence-corrected chi connectivity index (χ4v) is 4.77. The molecule has 1 saturated heterocycles. The van der Waals surface area contributed by atoms with Crippen molar-refractivity contribution in [2.75, 3.05) is 19.6 Å². The van der Waals surface area contributed by atoms with E-state index in [1.165, 1.54) is 18.3 Å². The Morgan fingerprint density at radius 2 is 2.00 bits per heavy atom. The molecule has 0 aliphatic carbocycles. The molecule has 1 aliphatic rings. The van der Waals surface area contributed by atoms with Crippen LogP contribution in [0.3, 0.4) is 0 Å². The second-order valence-corrected chi connectivity index (χ2v) is 9.11. The molecule has 4 heterocycles. The Balaban J connectivity index is 1.31. The number of aromatic amines is 1. The van der Waals surface area contributed by atoms with Crippen molar-refractivity contribution in [2.24, 2.45) is 0 Å². The second kappa shape index (κ2) is 9.10. The van der Waals surface area contributed by atoms with Crippen LogP contribution in [0.5, 0.6) is 0 Å². The van der Waals surface area contributed by atoms with Gasteiger partial charge in [-0.15, -0.1) is 0 Å². The maximum Gasteiger partial charge on any atom is 0.255 e. The lowest BCUT2D eigenvalue weighted by Crippen LogP contribution is -2.63. The van der Waals surface area contributed by atoms with Crippen molar-refractivity contribution in [1.82, 2.24) is 35.5 Å². The summed E-state index contributed by atoms with van der Waals surface area (Å²) in [5.41, 5.74) is 3.27. The van der Waals surface area contributed by atoms with Gasteiger partial charge in [-0.25, -0.2) is 13.9 Å². The Hall–Kier alpha value is -3.79. The number of aromatic nitrogens is 4. The van der Waals surface area contributed by atoms with Crippen LogP contribution in [0.2, 0.25) is 0 Å². The molecule has 10 heteroatoms. The number of piperidine rings is 1. The molecule has 5 rings (SSSR count). The Bertz CT molecular complexity index is 1420. The summed E-state index contributed by atoms with van der Waals surface area (Å²) < 4.78 is 15.3. The third kappa shape index (κ3) is 4.37. The van der Waals surface area contributed by atoms with Crippen LogP contribution in [-0.2, 0) is 11.2 Å². The summed E-state index contributed by atoms with van der Waals surface area (Å²) in [6.45, 7) is 5.28. The molecule has 182 valence electrons. The summed E-state index contributed by atoms with van der Waals surface area (Å²) in [5, 5.41) is 14.5. The maximum atomic E-state index is 13.7. The van der Waals surface area contributed by atoms with Gasteiger partial charge in [-0.05, 0) is 70.0 Å². The zero-order valence-electron chi connectivity index (χ0n) is 19.7. The number of fused-ring (bicyclic) bond motifs is 2. The van der Waals surface area contributed by atoms with Gasteiger partial charge in [0.2, 0.25) is 5.91 Å². The molecular formula is C25H28FN7O2. The van der Waals surface area contributed by atoms with E-state index in [9.17, 15) is 14.0 Å². The highest BCUT2D eigenvalue weighted by Gasteiger charge is 2.41. The van der Waals surface area contributed by atoms with Crippen LogP contribution in [0.4, 0.5) is 4.39 Å². The average Bonchev–Trinajstić information content (AvgIpc) is 3.42. The van der Waals surface area contributed by atoms with Crippen LogP contribution in [0, 0.1) is 19.7 Å². The number of carbonyl (C=O) groups excluding carboxylic acids is 2. The Morgan fingerprint density at radius 1 is 1.20 bits per heavy atom. The minimum absolute atomic E-state index is 0.222. The van der Waals surface area contributed by atoms with E-state index >= 15 is 0 Å². The third-order valence-corrected chi connectivity index (χ3v) is 6.74. The molecule has 0 radical (unpaired) electrons. The van der Waals surface area contributed by atoms with Gasteiger partial charge in [0.1, 0.15) is 11.4 Å². The van der Waals surface area contributed by atoms with Crippen LogP contribution < -0.4 is 16.0 Å². The van der Waals surface area contributed by atoms with Crippen LogP contribution in [0.25, 0.3) is 16.6 Å². The normalized spacial score (nSPS) is 15.4. The zero-order chi connectivity index (χ0) is 24.6. The summed E-state index contributed by atoms with van der Waals surface area (Å²) in [6, 6.07) is 6.45. The van der Waals surface area contributed by atoms with E-state index in [2.05, 4.69) is 31.0 Å². The highest BCUT2D eigenvalue weighted by molar-refractivity contribution is 6.00. The zero-order valence-corrected chi connectivity index (χ0v) is 19.7. The van der Waals surface area contributed by atoms with Crippen molar-refractivity contribution < 1.29 is 14.0 Å². The molecule has 1 fully saturated rings. The van der Waals surface area contributed by atoms with E-state index in [0.717, 1.165) is 22.2 Å². The summed E-state index contributed by atoms with van der Waals surface area (Å²) in [4.78, 5) is 34.2. The van der Waals surface area contributed by atoms with Crippen molar-refractivity contribution in [3.63, 3.8) is 0 Å². The number of hydrogen-bond donors (Lipinski definition) is 4. The van der Waals surface area contributed by atoms with E-state index in [0.29, 0.717) is 55.8 Å². The molecular weight excluding hydrogens is 449 g/mol. The lowest BCUT2D eigenvalue weighted by Gasteiger charge is -2.37. The number of amides is 2. The number of benzene rings is 1. The third-order valence-electron chi connectivity index (χ3n) is 6.74. The van der Waals surface area contributed by atoms with Gasteiger partial charge in [0, 0.05) is 35.9 Å². The van der Waals surface area contributed by atoms with Gasteiger partial charge >= 0.3 is 0 Å². The molecule has 0 unspecified atom stereocenters. The smallest absolute Gasteiger partial charge is 0.255 e. The van der Waals surface area contributed by atoms with Gasteiger partial charge in [-0.1, -0.05) is 0 Å². The topological polar surface area (TPSA) is 116 Å². The van der Waals surface area contributed by atoms with Gasteiger partial charge < -0.3 is 20.9 Å². The van der Waals surface area contributed by atoms with Gasteiger partial charge in [-0.2, -0.15) is 5.10 Å². The van der Waals surface area contributed by atoms with Gasteiger partial charge in [0.05, 0.1) is 17.0 Å². The molecule has 35 heavy (non-hydrogen) atoms. The summed E-state index contributed by atoms with van der Waals surface area (Å²) >= 11 is 0. The number of H-pyrrole nitrogens is 1. The number of halogens is 1. The predicted octanol–water partition coefficient (Wildman–Crippen LogP) is 2.18. The van der Waals surface area contributed by atoms with Crippen LogP contribution >= 0.6 is 0 Å². The SMILES string of the molecule is Cc1cc2ncc(C(=O)NC3(C(=O)NCCc4c[nH]c5ccc(F)cc45)CCNCC3)c(C)n2n1. The molecule has 4 N–H and O–H groups in total. The number of nitrogens with one attached hydrogen (secondary N) is 4. The Morgan fingerprint density at radius 3 is 2.80 bits per heavy atom. The Kier molecular flexibility index (Phi) is 5.98. The minimum Gasteiger partial charge on any atom is -0.361 e. The van der Waals surface area contributed by atoms with Gasteiger partial charge in [0.25, 0.3) is 5.91 Å². The number of nitrogens with zero attached hydrogens (tertiary/aromatic N) is 3. The first kappa shape index (κ1) is 23.0. The molecule has 3 aromatic heterocycles. The molecule has 0 atom stereocenters. The molecule has 9 nitrogen and oxygen atoms in total. The van der Waals surface area contributed by atoms with Gasteiger partial charge in [-0.3, -0.25) is 9.59 Å². The fourth-order valence-electron chi connectivity index (χ4n) is 4.77. The first-order valence-electron chi connectivity index (χ1n) is 11.8. The van der Waals surface area contributed by atoms with E-state index in [1.807, 2.05) is 26.1 Å². The number of rotatable bonds is 6. The van der Waals surface area contributed by atoms with E-state index < -0.39 is 5.54 Å². The monoisotopic (exact) mass is 477 g/mol. The largest absolute Gasteiger partial charge is 0.361 e. The lowest BCUT2D eigenvalue weighted by atomic mass is 9.86. The molecule has 2 amide bonds. The van der Waals surface area contributed by atoms with Crippen molar-refractivity contribution in [3.8, 4) is 0 Å². The molecule has 0 spiro atoms. The average molecular weight is 478 g/mol. The number of carbonyl (C=O) groups is 2. The highest BCUT2D eigenvalue weighted by atomic mass is 19.1. The van der Waals surface area contributed by atoms with Crippen molar-refractivity contribution in [3.05, 3.63) is 65.0 Å². The van der Waals surface area contributed by atoms with Crippen LogP contribution in [0.1, 0.15) is 40.2 Å².